The van der Waals surface area contributed by atoms with Gasteiger partial charge in [-0.1, -0.05) is 0 Å². The molecule has 4 heteroatoms. The van der Waals surface area contributed by atoms with Gasteiger partial charge in [0.25, 0.3) is 0 Å². The number of hydrogen-bond donors (Lipinski definition) is 2. The van der Waals surface area contributed by atoms with E-state index < -0.39 is 12.1 Å². The first kappa shape index (κ1) is 9.72. The average Bonchev–Trinajstić information content (AvgIpc) is 1.82. The maximum atomic E-state index is 9.98. The molecular weight excluding hydrogens is 156 g/mol. The lowest BCUT2D eigenvalue weighted by Gasteiger charge is -2.04. The zero-order valence-corrected chi connectivity index (χ0v) is 6.34. The van der Waals surface area contributed by atoms with Crippen LogP contribution in [-0.2, 0) is 4.79 Å². The van der Waals surface area contributed by atoms with Gasteiger partial charge in [0, 0.05) is 5.88 Å². The maximum Gasteiger partial charge on any atom is 0.305 e. The summed E-state index contributed by atoms with van der Waals surface area (Å²) in [6.45, 7) is 0. The lowest BCUT2D eigenvalue weighted by Crippen LogP contribution is -2.12. The highest BCUT2D eigenvalue weighted by molar-refractivity contribution is 6.17. The van der Waals surface area contributed by atoms with Gasteiger partial charge in [0.2, 0.25) is 0 Å². The van der Waals surface area contributed by atoms with E-state index in [-0.39, 0.29) is 6.42 Å². The van der Waals surface area contributed by atoms with Crippen LogP contribution < -0.4 is 0 Å². The monoisotopic (exact) mass is 166 g/mol. The van der Waals surface area contributed by atoms with Crippen molar-refractivity contribution < 1.29 is 15.0 Å². The molecule has 2 N–H and O–H groups in total. The highest BCUT2D eigenvalue weighted by Gasteiger charge is 2.07. The van der Waals surface area contributed by atoms with E-state index in [1.807, 2.05) is 0 Å². The Hall–Kier alpha value is -0.280. The quantitative estimate of drug-likeness (QED) is 0.596. The number of halogens is 1. The molecule has 0 rings (SSSR count). The molecule has 0 amide bonds. The van der Waals surface area contributed by atoms with Crippen LogP contribution in [0.4, 0.5) is 0 Å². The van der Waals surface area contributed by atoms with E-state index >= 15 is 0 Å². The molecule has 0 saturated heterocycles. The van der Waals surface area contributed by atoms with Gasteiger partial charge in [-0.05, 0) is 12.8 Å². The number of carboxylic acids is 1. The highest BCUT2D eigenvalue weighted by Crippen LogP contribution is 2.02. The number of alkyl halides is 1. The van der Waals surface area contributed by atoms with Gasteiger partial charge in [0.05, 0.1) is 12.5 Å². The number of aliphatic hydroxyl groups excluding tert-OH is 1. The standard InChI is InChI=1S/C6H11ClO3/c7-3-1-2-5(8)4-6(9)10/h5,8H,1-4H2,(H,9,10)/t5-/m1/s1. The third-order valence-corrected chi connectivity index (χ3v) is 1.35. The summed E-state index contributed by atoms with van der Waals surface area (Å²) in [5.74, 6) is -0.501. The van der Waals surface area contributed by atoms with Crippen molar-refractivity contribution in [3.63, 3.8) is 0 Å². The van der Waals surface area contributed by atoms with Gasteiger partial charge >= 0.3 is 5.97 Å². The molecule has 0 aliphatic rings. The van der Waals surface area contributed by atoms with E-state index in [4.69, 9.17) is 21.8 Å². The molecule has 0 aliphatic heterocycles. The third kappa shape index (κ3) is 5.85. The van der Waals surface area contributed by atoms with Gasteiger partial charge in [-0.25, -0.2) is 0 Å². The van der Waals surface area contributed by atoms with Crippen molar-refractivity contribution in [2.75, 3.05) is 5.88 Å². The Labute approximate surface area is 64.6 Å². The second-order valence-electron chi connectivity index (χ2n) is 2.08. The van der Waals surface area contributed by atoms with Crippen molar-refractivity contribution in [2.45, 2.75) is 25.4 Å². The lowest BCUT2D eigenvalue weighted by atomic mass is 10.1. The number of carbonyl (C=O) groups is 1. The van der Waals surface area contributed by atoms with E-state index in [1.165, 1.54) is 0 Å². The number of carboxylic acid groups (broad SMARTS) is 1. The minimum atomic E-state index is -0.970. The highest BCUT2D eigenvalue weighted by atomic mass is 35.5. The SMILES string of the molecule is O=C(O)C[C@H](O)CCCCl. The first-order valence-electron chi connectivity index (χ1n) is 3.12. The Morgan fingerprint density at radius 1 is 1.60 bits per heavy atom. The minimum Gasteiger partial charge on any atom is -0.481 e. The molecule has 0 fully saturated rings. The van der Waals surface area contributed by atoms with E-state index in [9.17, 15) is 4.79 Å². The molecule has 10 heavy (non-hydrogen) atoms. The van der Waals surface area contributed by atoms with Crippen LogP contribution in [0.1, 0.15) is 19.3 Å². The van der Waals surface area contributed by atoms with Gasteiger partial charge in [-0.2, -0.15) is 0 Å². The van der Waals surface area contributed by atoms with Gasteiger partial charge in [0.1, 0.15) is 0 Å². The molecule has 0 aromatic carbocycles. The topological polar surface area (TPSA) is 57.5 Å². The van der Waals surface area contributed by atoms with Crippen molar-refractivity contribution in [3.8, 4) is 0 Å². The summed E-state index contributed by atoms with van der Waals surface area (Å²) in [5, 5.41) is 17.1. The molecule has 60 valence electrons. The van der Waals surface area contributed by atoms with Gasteiger partial charge in [-0.15, -0.1) is 11.6 Å². The van der Waals surface area contributed by atoms with E-state index in [0.717, 1.165) is 0 Å². The number of hydrogen-bond acceptors (Lipinski definition) is 2. The second kappa shape index (κ2) is 5.50. The van der Waals surface area contributed by atoms with Crippen molar-refractivity contribution in [3.05, 3.63) is 0 Å². The fourth-order valence-corrected chi connectivity index (χ4v) is 0.771. The molecule has 0 aliphatic carbocycles. The average molecular weight is 167 g/mol. The first-order chi connectivity index (χ1) is 4.66. The number of aliphatic hydroxyl groups is 1. The largest absolute Gasteiger partial charge is 0.481 e. The van der Waals surface area contributed by atoms with Crippen molar-refractivity contribution in [1.82, 2.24) is 0 Å². The molecule has 1 atom stereocenters. The molecule has 0 heterocycles. The lowest BCUT2D eigenvalue weighted by molar-refractivity contribution is -0.139. The summed E-state index contributed by atoms with van der Waals surface area (Å²) in [4.78, 5) is 9.98. The Kier molecular flexibility index (Phi) is 5.35. The smallest absolute Gasteiger partial charge is 0.305 e. The van der Waals surface area contributed by atoms with E-state index in [2.05, 4.69) is 0 Å². The molecule has 0 aromatic rings. The summed E-state index contributed by atoms with van der Waals surface area (Å²) in [6.07, 6.45) is 0.208. The molecule has 0 radical (unpaired) electrons. The van der Waals surface area contributed by atoms with Crippen LogP contribution in [-0.4, -0.2) is 28.2 Å². The normalized spacial score (nSPS) is 13.0. The number of aliphatic carboxylic acids is 1. The van der Waals surface area contributed by atoms with Crippen LogP contribution in [0, 0.1) is 0 Å². The number of rotatable bonds is 5. The molecule has 0 saturated carbocycles. The van der Waals surface area contributed by atoms with Crippen LogP contribution >= 0.6 is 11.6 Å². The minimum absolute atomic E-state index is 0.184. The van der Waals surface area contributed by atoms with Crippen LogP contribution in [0.3, 0.4) is 0 Å². The fourth-order valence-electron chi connectivity index (χ4n) is 0.616. The Morgan fingerprint density at radius 3 is 2.60 bits per heavy atom. The van der Waals surface area contributed by atoms with Crippen LogP contribution in [0.2, 0.25) is 0 Å². The predicted molar refractivity (Wildman–Crippen MR) is 38.2 cm³/mol. The zero-order valence-electron chi connectivity index (χ0n) is 5.59. The van der Waals surface area contributed by atoms with Crippen molar-refractivity contribution >= 4 is 17.6 Å². The van der Waals surface area contributed by atoms with Crippen molar-refractivity contribution in [2.24, 2.45) is 0 Å². The van der Waals surface area contributed by atoms with Gasteiger partial charge in [0.15, 0.2) is 0 Å². The first-order valence-corrected chi connectivity index (χ1v) is 3.66. The Balaban J connectivity index is 3.25. The third-order valence-electron chi connectivity index (χ3n) is 1.08. The second-order valence-corrected chi connectivity index (χ2v) is 2.46. The maximum absolute atomic E-state index is 9.98. The zero-order chi connectivity index (χ0) is 7.98. The molecule has 0 unspecified atom stereocenters. The predicted octanol–water partition coefficient (Wildman–Crippen LogP) is 0.841. The molecular formula is C6H11ClO3. The summed E-state index contributed by atoms with van der Waals surface area (Å²) in [5.41, 5.74) is 0. The molecule has 3 nitrogen and oxygen atoms in total. The van der Waals surface area contributed by atoms with Crippen LogP contribution in [0.5, 0.6) is 0 Å². The fraction of sp³-hybridized carbons (Fsp3) is 0.833. The van der Waals surface area contributed by atoms with Crippen molar-refractivity contribution in [1.29, 1.82) is 0 Å². The Bertz CT molecular complexity index is 105. The molecule has 0 spiro atoms. The van der Waals surface area contributed by atoms with Gasteiger partial charge in [-0.3, -0.25) is 4.79 Å². The van der Waals surface area contributed by atoms with Crippen LogP contribution in [0.25, 0.3) is 0 Å². The summed E-state index contributed by atoms with van der Waals surface area (Å²) >= 11 is 5.32. The Morgan fingerprint density at radius 2 is 2.20 bits per heavy atom. The summed E-state index contributed by atoms with van der Waals surface area (Å²) in [6, 6.07) is 0. The molecule has 0 bridgehead atoms. The summed E-state index contributed by atoms with van der Waals surface area (Å²) in [7, 11) is 0. The van der Waals surface area contributed by atoms with Crippen LogP contribution in [0.15, 0.2) is 0 Å². The molecule has 0 aromatic heterocycles. The van der Waals surface area contributed by atoms with E-state index in [1.54, 1.807) is 0 Å². The summed E-state index contributed by atoms with van der Waals surface area (Å²) < 4.78 is 0. The van der Waals surface area contributed by atoms with E-state index in [0.29, 0.717) is 18.7 Å². The van der Waals surface area contributed by atoms with Gasteiger partial charge < -0.3 is 10.2 Å².